The Kier molecular flexibility index (Phi) is 17.6. The van der Waals surface area contributed by atoms with Crippen LogP contribution in [0.2, 0.25) is 0 Å². The van der Waals surface area contributed by atoms with Crippen LogP contribution in [0.4, 0.5) is 0 Å². The summed E-state index contributed by atoms with van der Waals surface area (Å²) in [4.78, 5) is 0. The number of rotatable bonds is 4. The minimum absolute atomic E-state index is 0. The molecule has 39 heavy (non-hydrogen) atoms. The molecule has 230 valence electrons. The van der Waals surface area contributed by atoms with Crippen LogP contribution in [0.1, 0.15) is 153 Å². The fourth-order valence-electron chi connectivity index (χ4n) is 7.99. The second-order valence-electron chi connectivity index (χ2n) is 15.7. The van der Waals surface area contributed by atoms with E-state index in [9.17, 15) is 0 Å². The van der Waals surface area contributed by atoms with E-state index in [-0.39, 0.29) is 47.8 Å². The summed E-state index contributed by atoms with van der Waals surface area (Å²) in [5.41, 5.74) is 2.50. The first-order chi connectivity index (χ1) is 16.4. The molecule has 0 nitrogen and oxygen atoms in total. The average molecular weight is 619 g/mol. The van der Waals surface area contributed by atoms with Gasteiger partial charge in [0.05, 0.1) is 0 Å². The van der Waals surface area contributed by atoms with Crippen molar-refractivity contribution < 1.29 is 17.1 Å². The zero-order valence-corrected chi connectivity index (χ0v) is 31.8. The van der Waals surface area contributed by atoms with E-state index in [2.05, 4.69) is 114 Å². The van der Waals surface area contributed by atoms with E-state index in [4.69, 9.17) is 0 Å². The third-order valence-electron chi connectivity index (χ3n) is 8.21. The molecule has 0 bridgehead atoms. The van der Waals surface area contributed by atoms with Gasteiger partial charge in [-0.3, -0.25) is 0 Å². The van der Waals surface area contributed by atoms with Crippen LogP contribution in [0.15, 0.2) is 24.3 Å². The Hall–Kier alpha value is 0.599. The van der Waals surface area contributed by atoms with Crippen molar-refractivity contribution >= 4 is 21.1 Å². The van der Waals surface area contributed by atoms with Crippen LogP contribution in [0.25, 0.3) is 0 Å². The average Bonchev–Trinajstić information content (AvgIpc) is 3.39. The van der Waals surface area contributed by atoms with Crippen molar-refractivity contribution in [3.63, 3.8) is 0 Å². The Bertz CT molecular complexity index is 763. The maximum absolute atomic E-state index is 2.62. The minimum atomic E-state index is -0.268. The maximum Gasteiger partial charge on any atom is 2.00 e. The van der Waals surface area contributed by atoms with Gasteiger partial charge in [0, 0.05) is 0 Å². The molecule has 2 saturated carbocycles. The van der Waals surface area contributed by atoms with Gasteiger partial charge in [-0.15, -0.1) is 0 Å². The summed E-state index contributed by atoms with van der Waals surface area (Å²) in [6.45, 7) is 32.4. The normalized spacial score (nSPS) is 20.9. The predicted molar refractivity (Wildman–Crippen MR) is 184 cm³/mol. The summed E-state index contributed by atoms with van der Waals surface area (Å²) in [5, 5.41) is 3.10. The fourth-order valence-corrected chi connectivity index (χ4v) is 17.4. The number of hydrogen-bond acceptors (Lipinski definition) is 0. The molecule has 0 aliphatic heterocycles. The Balaban J connectivity index is 0. The van der Waals surface area contributed by atoms with Crippen LogP contribution in [0, 0.1) is 20.8 Å². The van der Waals surface area contributed by atoms with Crippen molar-refractivity contribution in [3.05, 3.63) is 44.7 Å². The molecule has 0 radical (unpaired) electrons. The van der Waals surface area contributed by atoms with Gasteiger partial charge in [0.2, 0.25) is 0 Å². The molecule has 1 aromatic carbocycles. The quantitative estimate of drug-likeness (QED) is 0.179. The fraction of sp³-hybridized carbons (Fsp3) is 0.778. The summed E-state index contributed by atoms with van der Waals surface area (Å²) < 4.78 is 0. The van der Waals surface area contributed by atoms with Gasteiger partial charge in [-0.25, -0.2) is 0 Å². The molecule has 0 N–H and O–H groups in total. The maximum atomic E-state index is 2.62. The van der Waals surface area contributed by atoms with E-state index in [1.165, 1.54) is 51.4 Å². The zero-order chi connectivity index (χ0) is 27.5. The first-order valence-corrected chi connectivity index (χ1v) is 17.8. The van der Waals surface area contributed by atoms with Crippen LogP contribution in [-0.2, 0) is 17.1 Å². The summed E-state index contributed by atoms with van der Waals surface area (Å²) in [7, 11) is -0.365. The van der Waals surface area contributed by atoms with Gasteiger partial charge in [0.25, 0.3) is 0 Å². The summed E-state index contributed by atoms with van der Waals surface area (Å²) in [6, 6.07) is 9.62. The first kappa shape index (κ1) is 41.7. The summed E-state index contributed by atoms with van der Waals surface area (Å²) in [5.74, 6) is 1.55. The van der Waals surface area contributed by atoms with Crippen molar-refractivity contribution in [1.82, 2.24) is 0 Å². The van der Waals surface area contributed by atoms with Crippen molar-refractivity contribution in [3.8, 4) is 0 Å². The van der Waals surface area contributed by atoms with Gasteiger partial charge < -0.3 is 14.9 Å². The van der Waals surface area contributed by atoms with Crippen LogP contribution in [0.3, 0.4) is 0 Å². The van der Waals surface area contributed by atoms with Gasteiger partial charge in [-0.05, 0) is 61.8 Å². The molecular formula is C36H68FeP2. The third-order valence-corrected chi connectivity index (χ3v) is 15.9. The topological polar surface area (TPSA) is 0 Å². The van der Waals surface area contributed by atoms with Crippen molar-refractivity contribution in [2.75, 3.05) is 0 Å². The summed E-state index contributed by atoms with van der Waals surface area (Å²) in [6.07, 6.45) is 11.7. The van der Waals surface area contributed by atoms with E-state index < -0.39 is 0 Å². The smallest absolute Gasteiger partial charge is 0.358 e. The van der Waals surface area contributed by atoms with E-state index in [0.29, 0.717) is 20.6 Å². The van der Waals surface area contributed by atoms with E-state index in [0.717, 1.165) is 17.5 Å². The molecule has 0 spiro atoms. The van der Waals surface area contributed by atoms with E-state index >= 15 is 0 Å². The Morgan fingerprint density at radius 2 is 1.03 bits per heavy atom. The molecule has 0 amide bonds. The Labute approximate surface area is 261 Å². The van der Waals surface area contributed by atoms with Gasteiger partial charge >= 0.3 is 17.1 Å². The van der Waals surface area contributed by atoms with Crippen LogP contribution >= 0.6 is 15.8 Å². The monoisotopic (exact) mass is 618 g/mol. The van der Waals surface area contributed by atoms with Gasteiger partial charge in [-0.1, -0.05) is 169 Å². The molecule has 3 heteroatoms. The van der Waals surface area contributed by atoms with Crippen LogP contribution in [0.5, 0.6) is 0 Å². The molecule has 2 unspecified atom stereocenters. The molecule has 1 aromatic rings. The Morgan fingerprint density at radius 3 is 1.41 bits per heavy atom. The van der Waals surface area contributed by atoms with Crippen LogP contribution in [-0.4, -0.2) is 26.3 Å². The van der Waals surface area contributed by atoms with E-state index in [1.807, 2.05) is 0 Å². The zero-order valence-electron chi connectivity index (χ0n) is 28.9. The van der Waals surface area contributed by atoms with E-state index in [1.54, 1.807) is 10.9 Å². The molecule has 2 aliphatic carbocycles. The number of benzene rings is 1. The van der Waals surface area contributed by atoms with Crippen LogP contribution < -0.4 is 5.30 Å². The molecule has 2 fully saturated rings. The van der Waals surface area contributed by atoms with Crippen molar-refractivity contribution in [2.45, 2.75) is 174 Å². The van der Waals surface area contributed by atoms with Gasteiger partial charge in [0.1, 0.15) is 0 Å². The van der Waals surface area contributed by atoms with Crippen molar-refractivity contribution in [2.24, 2.45) is 5.92 Å². The molecule has 2 aliphatic rings. The summed E-state index contributed by atoms with van der Waals surface area (Å²) >= 11 is 0. The SMILES string of the molecule is C1CCCC1.C[C@@H](C1CCCC1c1ccccc1P(C(C)(C)C)C(C)(C)C)P(C(C)(C)C)C(C)(C)C.[CH3-].[CH3-].[Fe+2]. The van der Waals surface area contributed by atoms with Gasteiger partial charge in [-0.2, -0.15) is 0 Å². The predicted octanol–water partition coefficient (Wildman–Crippen LogP) is 12.6. The molecule has 3 rings (SSSR count). The Morgan fingerprint density at radius 1 is 0.615 bits per heavy atom. The first-order valence-electron chi connectivity index (χ1n) is 15.1. The molecule has 0 aromatic heterocycles. The molecule has 0 saturated heterocycles. The molecule has 3 atom stereocenters. The van der Waals surface area contributed by atoms with Gasteiger partial charge in [0.15, 0.2) is 0 Å². The number of hydrogen-bond donors (Lipinski definition) is 0. The minimum Gasteiger partial charge on any atom is -0.358 e. The second-order valence-corrected chi connectivity index (χ2v) is 23.7. The molecular weight excluding hydrogens is 550 g/mol. The largest absolute Gasteiger partial charge is 2.00 e. The third kappa shape index (κ3) is 11.7. The van der Waals surface area contributed by atoms with Crippen molar-refractivity contribution in [1.29, 1.82) is 0 Å². The second kappa shape index (κ2) is 16.4. The molecule has 0 heterocycles. The standard InChI is InChI=1S/C29H52P2.C5H10.2CH3.Fe/c1-21(30(26(2,3)4)27(5,6)7)22-18-16-19-23(22)24-17-14-15-20-25(24)31(28(8,9)10)29(11,12)13;1-2-4-5-3-1;;;/h14-15,17,20-23H,16,18-19H2,1-13H3;1-5H2;2*1H3;/q;;2*-1;+2/t21-,22?,23?;;;;/m0..../s1.